The molecule has 6 heteroatoms. The van der Waals surface area contributed by atoms with Gasteiger partial charge in [0.15, 0.2) is 5.69 Å². The fourth-order valence-corrected chi connectivity index (χ4v) is 2.06. The van der Waals surface area contributed by atoms with Crippen molar-refractivity contribution in [3.05, 3.63) is 35.7 Å². The number of rotatable bonds is 3. The van der Waals surface area contributed by atoms with E-state index in [0.717, 1.165) is 24.1 Å². The van der Waals surface area contributed by atoms with Crippen LogP contribution in [0.3, 0.4) is 0 Å². The first-order chi connectivity index (χ1) is 9.20. The Morgan fingerprint density at radius 3 is 2.79 bits per heavy atom. The van der Waals surface area contributed by atoms with E-state index in [2.05, 4.69) is 15.0 Å². The normalized spacial score (nSPS) is 14.4. The predicted octanol–water partition coefficient (Wildman–Crippen LogP) is 1.63. The lowest BCUT2D eigenvalue weighted by Crippen LogP contribution is -2.14. The lowest BCUT2D eigenvalue weighted by atomic mass is 10.1. The summed E-state index contributed by atoms with van der Waals surface area (Å²) < 4.78 is 6.48. The zero-order chi connectivity index (χ0) is 13.4. The van der Waals surface area contributed by atoms with Crippen molar-refractivity contribution in [1.29, 1.82) is 0 Å². The second-order valence-corrected chi connectivity index (χ2v) is 4.62. The van der Waals surface area contributed by atoms with E-state index in [-0.39, 0.29) is 0 Å². The molecule has 19 heavy (non-hydrogen) atoms. The highest BCUT2D eigenvalue weighted by Gasteiger charge is 2.30. The Morgan fingerprint density at radius 2 is 2.21 bits per heavy atom. The van der Waals surface area contributed by atoms with Crippen molar-refractivity contribution in [2.75, 3.05) is 7.11 Å². The van der Waals surface area contributed by atoms with E-state index in [9.17, 15) is 4.79 Å². The molecule has 0 amide bonds. The van der Waals surface area contributed by atoms with Crippen molar-refractivity contribution in [1.82, 2.24) is 19.5 Å². The van der Waals surface area contributed by atoms with Crippen LogP contribution in [0.15, 0.2) is 18.7 Å². The summed E-state index contributed by atoms with van der Waals surface area (Å²) in [5.41, 5.74) is 2.10. The van der Waals surface area contributed by atoms with Crippen LogP contribution >= 0.6 is 0 Å². The summed E-state index contributed by atoms with van der Waals surface area (Å²) in [7, 11) is 1.36. The molecule has 0 unspecified atom stereocenters. The molecule has 0 saturated heterocycles. The molecule has 1 fully saturated rings. The average Bonchev–Trinajstić information content (AvgIpc) is 3.12. The largest absolute Gasteiger partial charge is 0.464 e. The topological polar surface area (TPSA) is 69.9 Å². The molecular weight excluding hydrogens is 244 g/mol. The molecule has 1 aliphatic carbocycles. The summed E-state index contributed by atoms with van der Waals surface area (Å²) in [4.78, 5) is 24.6. The molecule has 1 aliphatic rings. The molecule has 6 nitrogen and oxygen atoms in total. The van der Waals surface area contributed by atoms with Gasteiger partial charge in [-0.05, 0) is 19.8 Å². The van der Waals surface area contributed by atoms with Crippen LogP contribution in [-0.2, 0) is 4.74 Å². The Labute approximate surface area is 110 Å². The van der Waals surface area contributed by atoms with Gasteiger partial charge in [-0.1, -0.05) is 0 Å². The van der Waals surface area contributed by atoms with Crippen molar-refractivity contribution in [2.45, 2.75) is 25.7 Å². The number of hydrogen-bond donors (Lipinski definition) is 0. The quantitative estimate of drug-likeness (QED) is 0.783. The second-order valence-electron chi connectivity index (χ2n) is 4.62. The summed E-state index contributed by atoms with van der Waals surface area (Å²) in [6.45, 7) is 1.87. The fourth-order valence-electron chi connectivity index (χ4n) is 2.06. The zero-order valence-electron chi connectivity index (χ0n) is 10.8. The van der Waals surface area contributed by atoms with E-state index in [0.29, 0.717) is 17.6 Å². The van der Waals surface area contributed by atoms with Crippen LogP contribution in [0.25, 0.3) is 5.95 Å². The van der Waals surface area contributed by atoms with Gasteiger partial charge < -0.3 is 4.74 Å². The lowest BCUT2D eigenvalue weighted by Gasteiger charge is -2.10. The Hall–Kier alpha value is -2.24. The average molecular weight is 258 g/mol. The molecule has 0 radical (unpaired) electrons. The highest BCUT2D eigenvalue weighted by atomic mass is 16.5. The van der Waals surface area contributed by atoms with Crippen LogP contribution in [0, 0.1) is 6.92 Å². The minimum Gasteiger partial charge on any atom is -0.464 e. The Kier molecular flexibility index (Phi) is 2.77. The van der Waals surface area contributed by atoms with Crippen LogP contribution in [0.4, 0.5) is 0 Å². The molecule has 2 aromatic rings. The first-order valence-electron chi connectivity index (χ1n) is 6.16. The minimum atomic E-state index is -0.428. The summed E-state index contributed by atoms with van der Waals surface area (Å²) in [5, 5.41) is 0. The minimum absolute atomic E-state index is 0.336. The number of hydrogen-bond acceptors (Lipinski definition) is 5. The molecule has 98 valence electrons. The van der Waals surface area contributed by atoms with Crippen LogP contribution in [-0.4, -0.2) is 32.6 Å². The lowest BCUT2D eigenvalue weighted by molar-refractivity contribution is 0.0592. The maximum Gasteiger partial charge on any atom is 0.357 e. The van der Waals surface area contributed by atoms with Gasteiger partial charge in [0.2, 0.25) is 5.95 Å². The monoisotopic (exact) mass is 258 g/mol. The molecular formula is C13H14N4O2. The van der Waals surface area contributed by atoms with Crippen molar-refractivity contribution in [2.24, 2.45) is 0 Å². The molecule has 1 saturated carbocycles. The van der Waals surface area contributed by atoms with Crippen LogP contribution < -0.4 is 0 Å². The number of imidazole rings is 1. The molecule has 0 aliphatic heterocycles. The number of carbonyl (C=O) groups excluding carboxylic acids is 1. The van der Waals surface area contributed by atoms with Crippen LogP contribution in [0.2, 0.25) is 0 Å². The van der Waals surface area contributed by atoms with Gasteiger partial charge >= 0.3 is 5.97 Å². The summed E-state index contributed by atoms with van der Waals surface area (Å²) >= 11 is 0. The van der Waals surface area contributed by atoms with E-state index in [4.69, 9.17) is 4.74 Å². The molecule has 3 rings (SSSR count). The Morgan fingerprint density at radius 1 is 1.42 bits per heavy atom. The second kappa shape index (κ2) is 4.46. The Balaban J connectivity index is 2.15. The number of carbonyl (C=O) groups is 1. The summed E-state index contributed by atoms with van der Waals surface area (Å²) in [6.07, 6.45) is 7.24. The van der Waals surface area contributed by atoms with Gasteiger partial charge in [-0.15, -0.1) is 0 Å². The molecule has 2 heterocycles. The van der Waals surface area contributed by atoms with Gasteiger partial charge in [0.25, 0.3) is 0 Å². The van der Waals surface area contributed by atoms with E-state index >= 15 is 0 Å². The number of aromatic nitrogens is 4. The molecule has 0 atom stereocenters. The van der Waals surface area contributed by atoms with Crippen molar-refractivity contribution >= 4 is 5.97 Å². The first kappa shape index (κ1) is 11.8. The number of nitrogens with zero attached hydrogens (tertiary/aromatic N) is 4. The van der Waals surface area contributed by atoms with Gasteiger partial charge in [0.05, 0.1) is 12.8 Å². The van der Waals surface area contributed by atoms with Crippen molar-refractivity contribution in [3.63, 3.8) is 0 Å². The number of methoxy groups -OCH3 is 1. The van der Waals surface area contributed by atoms with Gasteiger partial charge in [-0.3, -0.25) is 4.57 Å². The van der Waals surface area contributed by atoms with Crippen molar-refractivity contribution in [3.8, 4) is 5.95 Å². The third-order valence-corrected chi connectivity index (χ3v) is 3.25. The third-order valence-electron chi connectivity index (χ3n) is 3.25. The third kappa shape index (κ3) is 2.09. The van der Waals surface area contributed by atoms with Crippen LogP contribution in [0.5, 0.6) is 0 Å². The van der Waals surface area contributed by atoms with Gasteiger partial charge in [-0.25, -0.2) is 19.7 Å². The molecule has 0 aromatic carbocycles. The molecule has 0 bridgehead atoms. The summed E-state index contributed by atoms with van der Waals surface area (Å²) in [5.74, 6) is 0.474. The van der Waals surface area contributed by atoms with E-state index in [1.165, 1.54) is 7.11 Å². The molecule has 2 aromatic heterocycles. The van der Waals surface area contributed by atoms with Gasteiger partial charge in [0.1, 0.15) is 6.33 Å². The van der Waals surface area contributed by atoms with Gasteiger partial charge in [-0.2, -0.15) is 0 Å². The smallest absolute Gasteiger partial charge is 0.357 e. The predicted molar refractivity (Wildman–Crippen MR) is 67.2 cm³/mol. The molecule has 0 spiro atoms. The SMILES string of the molecule is COC(=O)c1nc(-n2ccnc2)nc(C2CC2)c1C. The van der Waals surface area contributed by atoms with E-state index < -0.39 is 5.97 Å². The number of esters is 1. The Bertz CT molecular complexity index is 618. The first-order valence-corrected chi connectivity index (χ1v) is 6.16. The van der Waals surface area contributed by atoms with E-state index in [1.807, 2.05) is 6.92 Å². The maximum atomic E-state index is 11.8. The molecule has 0 N–H and O–H groups in total. The number of ether oxygens (including phenoxy) is 1. The van der Waals surface area contributed by atoms with Crippen molar-refractivity contribution < 1.29 is 9.53 Å². The summed E-state index contributed by atoms with van der Waals surface area (Å²) in [6, 6.07) is 0. The highest BCUT2D eigenvalue weighted by molar-refractivity contribution is 5.89. The highest BCUT2D eigenvalue weighted by Crippen LogP contribution is 2.41. The standard InChI is InChI=1S/C13H14N4O2/c1-8-10(9-3-4-9)15-13(17-6-5-14-7-17)16-11(8)12(18)19-2/h5-7,9H,3-4H2,1-2H3. The fraction of sp³-hybridized carbons (Fsp3) is 0.385. The van der Waals surface area contributed by atoms with Crippen LogP contribution in [0.1, 0.15) is 40.5 Å². The zero-order valence-corrected chi connectivity index (χ0v) is 10.8. The van der Waals surface area contributed by atoms with E-state index in [1.54, 1.807) is 23.3 Å². The maximum absolute atomic E-state index is 11.8. The van der Waals surface area contributed by atoms with Gasteiger partial charge in [0, 0.05) is 23.9 Å².